The van der Waals surface area contributed by atoms with Crippen molar-refractivity contribution in [1.29, 1.82) is 0 Å². The molecule has 36 heavy (non-hydrogen) atoms. The molecular weight excluding hydrogens is 454 g/mol. The highest BCUT2D eigenvalue weighted by molar-refractivity contribution is 5.98. The first-order valence-corrected chi connectivity index (χ1v) is 11.6. The molecule has 0 amide bonds. The summed E-state index contributed by atoms with van der Waals surface area (Å²) in [6.07, 6.45) is 1.99. The van der Waals surface area contributed by atoms with Gasteiger partial charge in [-0.1, -0.05) is 24.3 Å². The minimum atomic E-state index is -1.05. The molecule has 5 aromatic rings. The molecule has 2 aromatic carbocycles. The maximum atomic E-state index is 12.0. The van der Waals surface area contributed by atoms with Crippen LogP contribution in [0.5, 0.6) is 11.5 Å². The van der Waals surface area contributed by atoms with Crippen LogP contribution in [0, 0.1) is 6.92 Å². The number of hydrogen-bond acceptors (Lipinski definition) is 4. The largest absolute Gasteiger partial charge is 0.497 e. The van der Waals surface area contributed by atoms with Crippen LogP contribution in [0.2, 0.25) is 0 Å². The third-order valence-electron chi connectivity index (χ3n) is 6.41. The van der Waals surface area contributed by atoms with Crippen LogP contribution < -0.4 is 9.47 Å². The molecule has 0 aliphatic rings. The first-order chi connectivity index (χ1) is 17.5. The molecule has 0 radical (unpaired) electrons. The topological polar surface area (TPSA) is 78.5 Å². The van der Waals surface area contributed by atoms with E-state index in [1.165, 1.54) is 0 Å². The molecule has 7 heteroatoms. The smallest absolute Gasteiger partial charge is 0.354 e. The van der Waals surface area contributed by atoms with E-state index in [2.05, 4.69) is 20.2 Å². The first-order valence-electron chi connectivity index (χ1n) is 11.6. The Labute approximate surface area is 209 Å². The van der Waals surface area contributed by atoms with E-state index in [0.717, 1.165) is 44.9 Å². The van der Waals surface area contributed by atoms with Gasteiger partial charge in [0.2, 0.25) is 0 Å². The monoisotopic (exact) mass is 481 g/mol. The van der Waals surface area contributed by atoms with E-state index in [-0.39, 0.29) is 5.69 Å². The highest BCUT2D eigenvalue weighted by Crippen LogP contribution is 2.32. The zero-order chi connectivity index (χ0) is 25.2. The van der Waals surface area contributed by atoms with Crippen LogP contribution in [0.4, 0.5) is 0 Å². The Morgan fingerprint density at radius 3 is 2.08 bits per heavy atom. The van der Waals surface area contributed by atoms with Crippen molar-refractivity contribution in [2.45, 2.75) is 20.0 Å². The lowest BCUT2D eigenvalue weighted by Gasteiger charge is -2.13. The second-order valence-electron chi connectivity index (χ2n) is 8.68. The summed E-state index contributed by atoms with van der Waals surface area (Å²) >= 11 is 0. The first kappa shape index (κ1) is 23.2. The van der Waals surface area contributed by atoms with Gasteiger partial charge in [0.1, 0.15) is 11.5 Å². The van der Waals surface area contributed by atoms with Crippen LogP contribution in [0.15, 0.2) is 79.0 Å². The van der Waals surface area contributed by atoms with Gasteiger partial charge in [0.05, 0.1) is 31.1 Å². The SMILES string of the molecule is COc1ccc(Cn2cccc2-c2nc(C(=O)O)cc3c2cc(C)n3Cc2ccc(OC)cc2)cc1. The average molecular weight is 482 g/mol. The summed E-state index contributed by atoms with van der Waals surface area (Å²) in [5, 5.41) is 10.8. The summed E-state index contributed by atoms with van der Waals surface area (Å²) in [4.78, 5) is 16.6. The number of hydrogen-bond donors (Lipinski definition) is 1. The van der Waals surface area contributed by atoms with Gasteiger partial charge in [-0.2, -0.15) is 0 Å². The molecule has 1 N–H and O–H groups in total. The minimum Gasteiger partial charge on any atom is -0.497 e. The number of carboxylic acid groups (broad SMARTS) is 1. The maximum Gasteiger partial charge on any atom is 0.354 e. The third-order valence-corrected chi connectivity index (χ3v) is 6.41. The Balaban J connectivity index is 1.59. The predicted octanol–water partition coefficient (Wildman–Crippen LogP) is 5.63. The van der Waals surface area contributed by atoms with Crippen LogP contribution >= 0.6 is 0 Å². The Kier molecular flexibility index (Phi) is 6.21. The number of benzene rings is 2. The number of aryl methyl sites for hydroxylation is 1. The van der Waals surface area contributed by atoms with Crippen LogP contribution in [0.1, 0.15) is 27.3 Å². The third kappa shape index (κ3) is 4.43. The van der Waals surface area contributed by atoms with Gasteiger partial charge in [-0.25, -0.2) is 9.78 Å². The normalized spacial score (nSPS) is 11.1. The fourth-order valence-electron chi connectivity index (χ4n) is 4.51. The van der Waals surface area contributed by atoms with E-state index in [9.17, 15) is 9.90 Å². The molecule has 7 nitrogen and oxygen atoms in total. The van der Waals surface area contributed by atoms with Gasteiger partial charge >= 0.3 is 5.97 Å². The van der Waals surface area contributed by atoms with Gasteiger partial charge in [-0.15, -0.1) is 0 Å². The molecule has 0 atom stereocenters. The second kappa shape index (κ2) is 9.62. The number of fused-ring (bicyclic) bond motifs is 1. The molecule has 0 spiro atoms. The van der Waals surface area contributed by atoms with Gasteiger partial charge < -0.3 is 23.7 Å². The molecule has 0 unspecified atom stereocenters. The summed E-state index contributed by atoms with van der Waals surface area (Å²) in [6, 6.07) is 23.5. The fraction of sp³-hybridized carbons (Fsp3) is 0.172. The quantitative estimate of drug-likeness (QED) is 0.311. The number of rotatable bonds is 8. The summed E-state index contributed by atoms with van der Waals surface area (Å²) in [5.41, 5.74) is 5.59. The van der Waals surface area contributed by atoms with Crippen molar-refractivity contribution in [3.63, 3.8) is 0 Å². The zero-order valence-electron chi connectivity index (χ0n) is 20.4. The van der Waals surface area contributed by atoms with E-state index in [0.29, 0.717) is 18.8 Å². The van der Waals surface area contributed by atoms with E-state index >= 15 is 0 Å². The standard InChI is InChI=1S/C29H27N3O4/c1-19-15-24-27(32(19)18-21-8-12-23(36-3)13-9-21)16-25(29(33)34)30-28(24)26-5-4-14-31(26)17-20-6-10-22(35-2)11-7-20/h4-16H,17-18H2,1-3H3,(H,33,34). The van der Waals surface area contributed by atoms with Crippen molar-refractivity contribution in [2.24, 2.45) is 0 Å². The Morgan fingerprint density at radius 1 is 0.889 bits per heavy atom. The molecular formula is C29H27N3O4. The molecule has 3 heterocycles. The Morgan fingerprint density at radius 2 is 1.50 bits per heavy atom. The average Bonchev–Trinajstić information content (AvgIpc) is 3.48. The van der Waals surface area contributed by atoms with E-state index < -0.39 is 5.97 Å². The second-order valence-corrected chi connectivity index (χ2v) is 8.68. The van der Waals surface area contributed by atoms with Crippen molar-refractivity contribution in [3.8, 4) is 22.9 Å². The number of methoxy groups -OCH3 is 2. The summed E-state index contributed by atoms with van der Waals surface area (Å²) in [7, 11) is 3.29. The maximum absolute atomic E-state index is 12.0. The lowest BCUT2D eigenvalue weighted by Crippen LogP contribution is -2.07. The number of carbonyl (C=O) groups is 1. The molecule has 5 rings (SSSR count). The summed E-state index contributed by atoms with van der Waals surface area (Å²) < 4.78 is 14.8. The van der Waals surface area contributed by atoms with Gasteiger partial charge in [0.15, 0.2) is 5.69 Å². The van der Waals surface area contributed by atoms with Gasteiger partial charge in [-0.05, 0) is 66.6 Å². The van der Waals surface area contributed by atoms with E-state index in [1.54, 1.807) is 20.3 Å². The predicted molar refractivity (Wildman–Crippen MR) is 139 cm³/mol. The van der Waals surface area contributed by atoms with Crippen molar-refractivity contribution >= 4 is 16.9 Å². The van der Waals surface area contributed by atoms with Gasteiger partial charge in [-0.3, -0.25) is 0 Å². The van der Waals surface area contributed by atoms with Crippen LogP contribution in [-0.4, -0.2) is 39.4 Å². The highest BCUT2D eigenvalue weighted by Gasteiger charge is 2.19. The number of pyridine rings is 1. The number of aromatic carboxylic acids is 1. The Bertz CT molecular complexity index is 1530. The number of carboxylic acids is 1. The molecule has 0 saturated carbocycles. The minimum absolute atomic E-state index is 0.0174. The lowest BCUT2D eigenvalue weighted by atomic mass is 10.1. The summed E-state index contributed by atoms with van der Waals surface area (Å²) in [6.45, 7) is 3.26. The van der Waals surface area contributed by atoms with Crippen molar-refractivity contribution in [3.05, 3.63) is 102 Å². The number of nitrogens with zero attached hydrogens (tertiary/aromatic N) is 3. The molecule has 0 aliphatic carbocycles. The lowest BCUT2D eigenvalue weighted by molar-refractivity contribution is 0.0691. The molecule has 0 fully saturated rings. The highest BCUT2D eigenvalue weighted by atomic mass is 16.5. The summed E-state index contributed by atoms with van der Waals surface area (Å²) in [5.74, 6) is 0.545. The van der Waals surface area contributed by atoms with Crippen molar-refractivity contribution in [1.82, 2.24) is 14.1 Å². The molecule has 0 bridgehead atoms. The van der Waals surface area contributed by atoms with Crippen molar-refractivity contribution in [2.75, 3.05) is 14.2 Å². The van der Waals surface area contributed by atoms with Crippen LogP contribution in [0.3, 0.4) is 0 Å². The van der Waals surface area contributed by atoms with E-state index in [1.807, 2.05) is 73.8 Å². The van der Waals surface area contributed by atoms with Crippen LogP contribution in [0.25, 0.3) is 22.3 Å². The molecule has 0 saturated heterocycles. The molecule has 0 aliphatic heterocycles. The molecule has 3 aromatic heterocycles. The van der Waals surface area contributed by atoms with E-state index in [4.69, 9.17) is 9.47 Å². The Hall–Kier alpha value is -4.52. The van der Waals surface area contributed by atoms with Crippen molar-refractivity contribution < 1.29 is 19.4 Å². The molecule has 182 valence electrons. The van der Waals surface area contributed by atoms with Crippen LogP contribution in [-0.2, 0) is 13.1 Å². The fourth-order valence-corrected chi connectivity index (χ4v) is 4.51. The number of ether oxygens (including phenoxy) is 2. The zero-order valence-corrected chi connectivity index (χ0v) is 20.4. The number of aromatic nitrogens is 3. The van der Waals surface area contributed by atoms with Gasteiger partial charge in [0, 0.05) is 30.4 Å². The van der Waals surface area contributed by atoms with Gasteiger partial charge in [0.25, 0.3) is 0 Å².